The number of thiophene rings is 1. The molecule has 2 aromatic rings. The zero-order valence-electron chi connectivity index (χ0n) is 8.55. The van der Waals surface area contributed by atoms with Crippen molar-refractivity contribution in [3.8, 4) is 0 Å². The molecule has 0 atom stereocenters. The third kappa shape index (κ3) is 1.36. The zero-order valence-corrected chi connectivity index (χ0v) is 9.37. The van der Waals surface area contributed by atoms with Crippen LogP contribution in [0.2, 0.25) is 0 Å². The van der Waals surface area contributed by atoms with Crippen molar-refractivity contribution in [1.82, 2.24) is 0 Å². The molecule has 0 radical (unpaired) electrons. The summed E-state index contributed by atoms with van der Waals surface area (Å²) < 4.78 is 1.22. The number of carbonyl (C=O) groups is 1. The van der Waals surface area contributed by atoms with Crippen LogP contribution in [0.25, 0.3) is 10.1 Å². The first-order chi connectivity index (χ1) is 6.59. The van der Waals surface area contributed by atoms with Crippen molar-refractivity contribution in [3.63, 3.8) is 0 Å². The number of aryl methyl sites for hydroxylation is 2. The monoisotopic (exact) mass is 204 g/mol. The third-order valence-corrected chi connectivity index (χ3v) is 3.75. The summed E-state index contributed by atoms with van der Waals surface area (Å²) in [5.74, 6) is 0.135. The van der Waals surface area contributed by atoms with Crippen LogP contribution >= 0.6 is 11.3 Å². The Morgan fingerprint density at radius 3 is 2.64 bits per heavy atom. The van der Waals surface area contributed by atoms with Crippen LogP contribution in [-0.4, -0.2) is 5.78 Å². The summed E-state index contributed by atoms with van der Waals surface area (Å²) in [6, 6.07) is 5.94. The molecule has 2 rings (SSSR count). The van der Waals surface area contributed by atoms with Gasteiger partial charge in [-0.2, -0.15) is 0 Å². The minimum Gasteiger partial charge on any atom is -0.295 e. The zero-order chi connectivity index (χ0) is 10.3. The average Bonchev–Trinajstić information content (AvgIpc) is 2.42. The number of ketones is 1. The Morgan fingerprint density at radius 2 is 2.00 bits per heavy atom. The van der Waals surface area contributed by atoms with Gasteiger partial charge in [0.15, 0.2) is 5.78 Å². The first kappa shape index (κ1) is 9.41. The molecule has 1 nitrogen and oxygen atoms in total. The van der Waals surface area contributed by atoms with Gasteiger partial charge in [0.2, 0.25) is 0 Å². The van der Waals surface area contributed by atoms with Crippen molar-refractivity contribution in [1.29, 1.82) is 0 Å². The van der Waals surface area contributed by atoms with Gasteiger partial charge in [-0.05, 0) is 37.8 Å². The molecule has 0 aliphatic carbocycles. The number of carbonyl (C=O) groups excluding carboxylic acids is 1. The van der Waals surface area contributed by atoms with E-state index in [4.69, 9.17) is 0 Å². The maximum atomic E-state index is 11.2. The fourth-order valence-electron chi connectivity index (χ4n) is 1.57. The average molecular weight is 204 g/mol. The highest BCUT2D eigenvalue weighted by Gasteiger charge is 2.06. The number of rotatable bonds is 1. The Hall–Kier alpha value is -1.15. The minimum absolute atomic E-state index is 0.135. The molecule has 0 unspecified atom stereocenters. The second-order valence-corrected chi connectivity index (χ2v) is 4.81. The van der Waals surface area contributed by atoms with E-state index in [0.717, 1.165) is 5.56 Å². The van der Waals surface area contributed by atoms with E-state index in [1.54, 1.807) is 18.3 Å². The Labute approximate surface area is 87.4 Å². The molecule has 0 saturated carbocycles. The van der Waals surface area contributed by atoms with Crippen LogP contribution in [0.5, 0.6) is 0 Å². The summed E-state index contributed by atoms with van der Waals surface area (Å²) in [7, 11) is 0. The predicted molar refractivity (Wildman–Crippen MR) is 61.3 cm³/mol. The largest absolute Gasteiger partial charge is 0.295 e. The third-order valence-electron chi connectivity index (χ3n) is 2.58. The van der Waals surface area contributed by atoms with Crippen LogP contribution in [0.3, 0.4) is 0 Å². The molecule has 2 heteroatoms. The first-order valence-corrected chi connectivity index (χ1v) is 5.42. The van der Waals surface area contributed by atoms with E-state index >= 15 is 0 Å². The van der Waals surface area contributed by atoms with E-state index in [2.05, 4.69) is 13.8 Å². The van der Waals surface area contributed by atoms with Crippen molar-refractivity contribution in [3.05, 3.63) is 34.2 Å². The van der Waals surface area contributed by atoms with Gasteiger partial charge in [-0.3, -0.25) is 4.79 Å². The highest BCUT2D eigenvalue weighted by atomic mass is 32.1. The standard InChI is InChI=1S/C12H12OS/c1-7-9(3)14-12-6-10(8(2)13)4-5-11(7)12/h4-6H,1-3H3. The van der Waals surface area contributed by atoms with E-state index in [9.17, 15) is 4.79 Å². The van der Waals surface area contributed by atoms with Gasteiger partial charge in [-0.1, -0.05) is 12.1 Å². The molecule has 0 saturated heterocycles. The van der Waals surface area contributed by atoms with E-state index in [-0.39, 0.29) is 5.78 Å². The lowest BCUT2D eigenvalue weighted by atomic mass is 10.1. The molecule has 1 aromatic carbocycles. The molecule has 72 valence electrons. The molecule has 1 heterocycles. The second-order valence-electron chi connectivity index (χ2n) is 3.55. The van der Waals surface area contributed by atoms with Crippen LogP contribution in [0.1, 0.15) is 27.7 Å². The van der Waals surface area contributed by atoms with Crippen LogP contribution in [0.15, 0.2) is 18.2 Å². The Morgan fingerprint density at radius 1 is 1.29 bits per heavy atom. The molecule has 1 aromatic heterocycles. The molecule has 0 aliphatic heterocycles. The molecule has 0 fully saturated rings. The van der Waals surface area contributed by atoms with Crippen LogP contribution in [-0.2, 0) is 0 Å². The molecule has 14 heavy (non-hydrogen) atoms. The van der Waals surface area contributed by atoms with Gasteiger partial charge < -0.3 is 0 Å². The molecule has 0 amide bonds. The van der Waals surface area contributed by atoms with Crippen LogP contribution in [0.4, 0.5) is 0 Å². The van der Waals surface area contributed by atoms with Gasteiger partial charge >= 0.3 is 0 Å². The van der Waals surface area contributed by atoms with Gasteiger partial charge in [0.25, 0.3) is 0 Å². The van der Waals surface area contributed by atoms with Crippen molar-refractivity contribution in [2.45, 2.75) is 20.8 Å². The van der Waals surface area contributed by atoms with Crippen LogP contribution < -0.4 is 0 Å². The summed E-state index contributed by atoms with van der Waals surface area (Å²) in [4.78, 5) is 12.5. The molecule has 0 bridgehead atoms. The highest BCUT2D eigenvalue weighted by Crippen LogP contribution is 2.30. The van der Waals surface area contributed by atoms with E-state index < -0.39 is 0 Å². The topological polar surface area (TPSA) is 17.1 Å². The fraction of sp³-hybridized carbons (Fsp3) is 0.250. The van der Waals surface area contributed by atoms with Gasteiger partial charge in [0.05, 0.1) is 0 Å². The smallest absolute Gasteiger partial charge is 0.159 e. The van der Waals surface area contributed by atoms with E-state index in [1.807, 2.05) is 18.2 Å². The molecule has 0 aliphatic rings. The van der Waals surface area contributed by atoms with Crippen molar-refractivity contribution in [2.75, 3.05) is 0 Å². The normalized spacial score (nSPS) is 10.8. The Balaban J connectivity index is 2.73. The van der Waals surface area contributed by atoms with Gasteiger partial charge in [-0.25, -0.2) is 0 Å². The van der Waals surface area contributed by atoms with E-state index in [0.29, 0.717) is 0 Å². The number of Topliss-reactive ketones (excluding diaryl/α,β-unsaturated/α-hetero) is 1. The first-order valence-electron chi connectivity index (χ1n) is 4.60. The summed E-state index contributed by atoms with van der Waals surface area (Å²) in [6.45, 7) is 5.85. The fourth-order valence-corrected chi connectivity index (χ4v) is 2.68. The number of fused-ring (bicyclic) bond motifs is 1. The molecule has 0 spiro atoms. The van der Waals surface area contributed by atoms with Gasteiger partial charge in [0, 0.05) is 15.1 Å². The summed E-state index contributed by atoms with van der Waals surface area (Å²) in [6.07, 6.45) is 0. The highest BCUT2D eigenvalue weighted by molar-refractivity contribution is 7.19. The number of benzene rings is 1. The van der Waals surface area contributed by atoms with Crippen molar-refractivity contribution < 1.29 is 4.79 Å². The second kappa shape index (κ2) is 3.21. The summed E-state index contributed by atoms with van der Waals surface area (Å²) >= 11 is 1.76. The SMILES string of the molecule is CC(=O)c1ccc2c(C)c(C)sc2c1. The number of hydrogen-bond acceptors (Lipinski definition) is 2. The Kier molecular flexibility index (Phi) is 2.16. The number of hydrogen-bond donors (Lipinski definition) is 0. The molecule has 0 N–H and O–H groups in total. The molecular formula is C12H12OS. The van der Waals surface area contributed by atoms with Crippen molar-refractivity contribution >= 4 is 27.2 Å². The molecular weight excluding hydrogens is 192 g/mol. The van der Waals surface area contributed by atoms with E-state index in [1.165, 1.54) is 20.5 Å². The maximum Gasteiger partial charge on any atom is 0.159 e. The quantitative estimate of drug-likeness (QED) is 0.647. The van der Waals surface area contributed by atoms with Crippen molar-refractivity contribution in [2.24, 2.45) is 0 Å². The maximum absolute atomic E-state index is 11.2. The van der Waals surface area contributed by atoms with Gasteiger partial charge in [0.1, 0.15) is 0 Å². The lowest BCUT2D eigenvalue weighted by Gasteiger charge is -1.95. The van der Waals surface area contributed by atoms with Gasteiger partial charge in [-0.15, -0.1) is 11.3 Å². The minimum atomic E-state index is 0.135. The Bertz CT molecular complexity index is 508. The lowest BCUT2D eigenvalue weighted by molar-refractivity contribution is 0.101. The van der Waals surface area contributed by atoms with Crippen LogP contribution in [0, 0.1) is 13.8 Å². The predicted octanol–water partition coefficient (Wildman–Crippen LogP) is 3.72. The summed E-state index contributed by atoms with van der Waals surface area (Å²) in [5.41, 5.74) is 2.14. The lowest BCUT2D eigenvalue weighted by Crippen LogP contribution is -1.89. The summed E-state index contributed by atoms with van der Waals surface area (Å²) in [5, 5.41) is 1.28.